The molecule has 7 nitrogen and oxygen atoms in total. The molecule has 0 aliphatic rings. The molecule has 0 aliphatic heterocycles. The number of hydrogen-bond donors (Lipinski definition) is 2. The molecule has 1 aromatic carbocycles. The van der Waals surface area contributed by atoms with Gasteiger partial charge in [-0.1, -0.05) is 26.0 Å². The van der Waals surface area contributed by atoms with Crippen molar-refractivity contribution in [3.63, 3.8) is 0 Å². The van der Waals surface area contributed by atoms with Crippen molar-refractivity contribution >= 4 is 6.03 Å². The number of carbonyl (C=O) groups is 1. The van der Waals surface area contributed by atoms with Crippen molar-refractivity contribution in [3.05, 3.63) is 48.0 Å². The van der Waals surface area contributed by atoms with Gasteiger partial charge in [0.15, 0.2) is 0 Å². The number of aryl methyl sites for hydroxylation is 1. The largest absolute Gasteiger partial charge is 0.497 e. The Balaban J connectivity index is 2.13. The Morgan fingerprint density at radius 1 is 1.33 bits per heavy atom. The van der Waals surface area contributed by atoms with E-state index in [0.29, 0.717) is 6.54 Å². The number of benzene rings is 1. The Bertz CT molecular complexity index is 727. The first-order valence-corrected chi connectivity index (χ1v) is 9.39. The number of carbonyl (C=O) groups excluding carboxylic acids is 1. The van der Waals surface area contributed by atoms with Gasteiger partial charge in [-0.25, -0.2) is 9.78 Å². The van der Waals surface area contributed by atoms with Crippen LogP contribution in [0.1, 0.15) is 38.2 Å². The summed E-state index contributed by atoms with van der Waals surface area (Å²) in [5.74, 6) is 1.50. The zero-order chi connectivity index (χ0) is 19.8. The van der Waals surface area contributed by atoms with E-state index in [0.717, 1.165) is 30.2 Å². The van der Waals surface area contributed by atoms with Gasteiger partial charge in [0.25, 0.3) is 0 Å². The number of amides is 2. The Hall–Kier alpha value is -2.54. The molecule has 0 spiro atoms. The van der Waals surface area contributed by atoms with Crippen LogP contribution < -0.4 is 15.4 Å². The zero-order valence-corrected chi connectivity index (χ0v) is 16.9. The van der Waals surface area contributed by atoms with Crippen molar-refractivity contribution in [2.75, 3.05) is 26.7 Å². The van der Waals surface area contributed by atoms with E-state index in [1.165, 1.54) is 0 Å². The molecule has 27 heavy (non-hydrogen) atoms. The lowest BCUT2D eigenvalue weighted by molar-refractivity contribution is 0.213. The van der Waals surface area contributed by atoms with Crippen molar-refractivity contribution in [2.24, 2.45) is 7.05 Å². The predicted molar refractivity (Wildman–Crippen MR) is 107 cm³/mol. The maximum atomic E-state index is 12.6. The van der Waals surface area contributed by atoms with Crippen LogP contribution in [0.3, 0.4) is 0 Å². The van der Waals surface area contributed by atoms with Gasteiger partial charge < -0.3 is 19.9 Å². The highest BCUT2D eigenvalue weighted by Crippen LogP contribution is 2.24. The monoisotopic (exact) mass is 373 g/mol. The number of nitrogens with zero attached hydrogens (tertiary/aromatic N) is 3. The number of hydrogen-bond acceptors (Lipinski definition) is 4. The fourth-order valence-corrected chi connectivity index (χ4v) is 3.17. The summed E-state index contributed by atoms with van der Waals surface area (Å²) in [7, 11) is 3.54. The highest BCUT2D eigenvalue weighted by atomic mass is 16.5. The molecule has 1 heterocycles. The smallest absolute Gasteiger partial charge is 0.315 e. The maximum absolute atomic E-state index is 12.6. The standard InChI is InChI=1S/C20H31N5O2/c1-6-25(7-2)15(3)14-22-20(26)23-18(19-21-11-12-24(19)4)16-9-8-10-17(13-16)27-5/h8-13,15,18H,6-7,14H2,1-5H3,(H2,22,23,26). The van der Waals surface area contributed by atoms with E-state index >= 15 is 0 Å². The van der Waals surface area contributed by atoms with Gasteiger partial charge in [0.1, 0.15) is 17.6 Å². The Morgan fingerprint density at radius 2 is 2.07 bits per heavy atom. The van der Waals surface area contributed by atoms with E-state index in [2.05, 4.69) is 41.3 Å². The quantitative estimate of drug-likeness (QED) is 0.709. The summed E-state index contributed by atoms with van der Waals surface area (Å²) >= 11 is 0. The lowest BCUT2D eigenvalue weighted by Gasteiger charge is -2.27. The van der Waals surface area contributed by atoms with Crippen LogP contribution in [0.15, 0.2) is 36.7 Å². The number of aromatic nitrogens is 2. The molecule has 2 atom stereocenters. The third kappa shape index (κ3) is 5.47. The van der Waals surface area contributed by atoms with Gasteiger partial charge in [0, 0.05) is 32.0 Å². The molecule has 0 saturated heterocycles. The molecular formula is C20H31N5O2. The number of rotatable bonds is 9. The molecule has 2 aromatic rings. The number of nitrogens with one attached hydrogen (secondary N) is 2. The van der Waals surface area contributed by atoms with Crippen LogP contribution in [0.2, 0.25) is 0 Å². The molecule has 2 amide bonds. The molecule has 0 saturated carbocycles. The molecular weight excluding hydrogens is 342 g/mol. The van der Waals surface area contributed by atoms with Gasteiger partial charge in [-0.3, -0.25) is 4.90 Å². The van der Waals surface area contributed by atoms with Crippen LogP contribution in [-0.4, -0.2) is 53.3 Å². The Labute approximate surface area is 161 Å². The molecule has 148 valence electrons. The number of imidazole rings is 1. The van der Waals surface area contributed by atoms with E-state index in [9.17, 15) is 4.79 Å². The second-order valence-electron chi connectivity index (χ2n) is 6.53. The van der Waals surface area contributed by atoms with Crippen molar-refractivity contribution in [1.29, 1.82) is 0 Å². The van der Waals surface area contributed by atoms with Crippen LogP contribution in [-0.2, 0) is 7.05 Å². The van der Waals surface area contributed by atoms with Gasteiger partial charge in [-0.2, -0.15) is 0 Å². The minimum absolute atomic E-state index is 0.218. The molecule has 2 unspecified atom stereocenters. The average Bonchev–Trinajstić information content (AvgIpc) is 3.11. The summed E-state index contributed by atoms with van der Waals surface area (Å²) in [6.07, 6.45) is 3.59. The molecule has 0 aliphatic carbocycles. The number of ether oxygens (including phenoxy) is 1. The van der Waals surface area contributed by atoms with Crippen LogP contribution >= 0.6 is 0 Å². The molecule has 2 N–H and O–H groups in total. The van der Waals surface area contributed by atoms with E-state index in [4.69, 9.17) is 4.74 Å². The average molecular weight is 374 g/mol. The fourth-order valence-electron chi connectivity index (χ4n) is 3.17. The van der Waals surface area contributed by atoms with E-state index < -0.39 is 0 Å². The fraction of sp³-hybridized carbons (Fsp3) is 0.500. The molecule has 0 bridgehead atoms. The Morgan fingerprint density at radius 3 is 2.67 bits per heavy atom. The maximum Gasteiger partial charge on any atom is 0.315 e. The first-order valence-electron chi connectivity index (χ1n) is 9.39. The van der Waals surface area contributed by atoms with Crippen LogP contribution in [0.25, 0.3) is 0 Å². The predicted octanol–water partition coefficient (Wildman–Crippen LogP) is 2.55. The minimum Gasteiger partial charge on any atom is -0.497 e. The molecule has 0 fully saturated rings. The second-order valence-corrected chi connectivity index (χ2v) is 6.53. The summed E-state index contributed by atoms with van der Waals surface area (Å²) in [5.41, 5.74) is 0.913. The normalized spacial score (nSPS) is 13.3. The first kappa shape index (κ1) is 20.8. The first-order chi connectivity index (χ1) is 13.0. The molecule has 1 aromatic heterocycles. The summed E-state index contributed by atoms with van der Waals surface area (Å²) in [6.45, 7) is 8.87. The van der Waals surface area contributed by atoms with Crippen molar-refractivity contribution in [3.8, 4) is 5.75 Å². The van der Waals surface area contributed by atoms with Crippen LogP contribution in [0, 0.1) is 0 Å². The highest BCUT2D eigenvalue weighted by Gasteiger charge is 2.21. The molecule has 2 rings (SSSR count). The van der Waals surface area contributed by atoms with Crippen LogP contribution in [0.5, 0.6) is 5.75 Å². The summed E-state index contributed by atoms with van der Waals surface area (Å²) in [4.78, 5) is 19.3. The Kier molecular flexibility index (Phi) is 7.67. The summed E-state index contributed by atoms with van der Waals surface area (Å²) in [6, 6.07) is 7.35. The SMILES string of the molecule is CCN(CC)C(C)CNC(=O)NC(c1cccc(OC)c1)c1nccn1C. The van der Waals surface area contributed by atoms with Gasteiger partial charge in [-0.15, -0.1) is 0 Å². The third-order valence-corrected chi connectivity index (χ3v) is 4.81. The van der Waals surface area contributed by atoms with Gasteiger partial charge in [0.05, 0.1) is 7.11 Å². The second kappa shape index (κ2) is 9.97. The van der Waals surface area contributed by atoms with Gasteiger partial charge in [0.2, 0.25) is 0 Å². The number of likely N-dealkylation sites (N-methyl/N-ethyl adjacent to an activating group) is 1. The zero-order valence-electron chi connectivity index (χ0n) is 16.9. The van der Waals surface area contributed by atoms with Gasteiger partial charge in [-0.05, 0) is 37.7 Å². The lowest BCUT2D eigenvalue weighted by Crippen LogP contribution is -2.46. The van der Waals surface area contributed by atoms with Crippen LogP contribution in [0.4, 0.5) is 4.79 Å². The van der Waals surface area contributed by atoms with Crippen molar-refractivity contribution in [2.45, 2.75) is 32.9 Å². The topological polar surface area (TPSA) is 71.4 Å². The highest BCUT2D eigenvalue weighted by molar-refractivity contribution is 5.75. The van der Waals surface area contributed by atoms with Gasteiger partial charge >= 0.3 is 6.03 Å². The molecule has 0 radical (unpaired) electrons. The number of methoxy groups -OCH3 is 1. The van der Waals surface area contributed by atoms with Crippen molar-refractivity contribution in [1.82, 2.24) is 25.1 Å². The summed E-state index contributed by atoms with van der Waals surface area (Å²) < 4.78 is 7.23. The summed E-state index contributed by atoms with van der Waals surface area (Å²) in [5, 5.41) is 6.03. The van der Waals surface area contributed by atoms with Crippen molar-refractivity contribution < 1.29 is 9.53 Å². The molecule has 7 heteroatoms. The third-order valence-electron chi connectivity index (χ3n) is 4.81. The van der Waals surface area contributed by atoms with E-state index in [1.54, 1.807) is 13.3 Å². The lowest BCUT2D eigenvalue weighted by atomic mass is 10.1. The number of urea groups is 1. The van der Waals surface area contributed by atoms with E-state index in [-0.39, 0.29) is 18.1 Å². The minimum atomic E-state index is -0.371. The van der Waals surface area contributed by atoms with E-state index in [1.807, 2.05) is 42.1 Å².